The third kappa shape index (κ3) is 4.22. The summed E-state index contributed by atoms with van der Waals surface area (Å²) in [6, 6.07) is 17.1. The van der Waals surface area contributed by atoms with Crippen LogP contribution in [0, 0.1) is 21.4 Å². The molecule has 0 aliphatic carbocycles. The fourth-order valence-electron chi connectivity index (χ4n) is 2.66. The predicted molar refractivity (Wildman–Crippen MR) is 101 cm³/mol. The molecule has 0 aliphatic heterocycles. The van der Waals surface area contributed by atoms with Crippen LogP contribution in [0.15, 0.2) is 60.8 Å². The first-order chi connectivity index (χ1) is 13.5. The minimum Gasteiger partial charge on any atom is -0.447 e. The molecule has 1 aromatic heterocycles. The average molecular weight is 376 g/mol. The molecule has 140 valence electrons. The summed E-state index contributed by atoms with van der Waals surface area (Å²) in [7, 11) is 0. The molecule has 1 atom stereocenters. The van der Waals surface area contributed by atoms with E-state index in [0.717, 1.165) is 5.69 Å². The third-order valence-electron chi connectivity index (χ3n) is 3.99. The molecule has 0 spiro atoms. The van der Waals surface area contributed by atoms with E-state index in [1.807, 2.05) is 36.4 Å². The van der Waals surface area contributed by atoms with Crippen molar-refractivity contribution in [2.24, 2.45) is 0 Å². The zero-order chi connectivity index (χ0) is 20.1. The number of non-ortho nitro benzene ring substituents is 1. The molecule has 0 saturated carbocycles. The number of rotatable bonds is 6. The molecular weight excluding hydrogens is 360 g/mol. The summed E-state index contributed by atoms with van der Waals surface area (Å²) < 4.78 is 6.67. The van der Waals surface area contributed by atoms with Gasteiger partial charge in [-0.1, -0.05) is 18.2 Å². The second kappa shape index (κ2) is 8.14. The number of nitriles is 1. The van der Waals surface area contributed by atoms with E-state index in [1.165, 1.54) is 19.1 Å². The van der Waals surface area contributed by atoms with Crippen molar-refractivity contribution in [2.45, 2.75) is 19.4 Å². The van der Waals surface area contributed by atoms with Gasteiger partial charge in [-0.3, -0.25) is 14.9 Å². The van der Waals surface area contributed by atoms with Crippen LogP contribution in [-0.2, 0) is 16.0 Å². The van der Waals surface area contributed by atoms with E-state index in [-0.39, 0.29) is 12.1 Å². The number of carbonyl (C=O) groups excluding carboxylic acids is 1. The highest BCUT2D eigenvalue weighted by Gasteiger charge is 2.18. The van der Waals surface area contributed by atoms with E-state index in [4.69, 9.17) is 10.00 Å². The number of nitrogens with zero attached hydrogens (tertiary/aromatic N) is 4. The van der Waals surface area contributed by atoms with Crippen LogP contribution >= 0.6 is 0 Å². The molecule has 0 fully saturated rings. The topological polar surface area (TPSA) is 111 Å². The minimum absolute atomic E-state index is 0.0324. The number of benzene rings is 2. The Kier molecular flexibility index (Phi) is 5.46. The van der Waals surface area contributed by atoms with Crippen LogP contribution in [0.2, 0.25) is 0 Å². The van der Waals surface area contributed by atoms with Crippen molar-refractivity contribution in [3.8, 4) is 23.0 Å². The SMILES string of the molecule is C[C@@H](C#N)OC(=O)Cc1cn(-c2ccccc2)nc1-c1ccc([N+](=O)[O-])cc1. The molecule has 3 aromatic rings. The maximum Gasteiger partial charge on any atom is 0.311 e. The summed E-state index contributed by atoms with van der Waals surface area (Å²) in [4.78, 5) is 22.6. The zero-order valence-electron chi connectivity index (χ0n) is 15.0. The Balaban J connectivity index is 1.99. The Morgan fingerprint density at radius 2 is 1.93 bits per heavy atom. The van der Waals surface area contributed by atoms with Crippen molar-refractivity contribution in [1.82, 2.24) is 9.78 Å². The van der Waals surface area contributed by atoms with Gasteiger partial charge < -0.3 is 4.74 Å². The molecule has 0 saturated heterocycles. The lowest BCUT2D eigenvalue weighted by Gasteiger charge is -2.06. The van der Waals surface area contributed by atoms with Crippen molar-refractivity contribution in [2.75, 3.05) is 0 Å². The van der Waals surface area contributed by atoms with Crippen molar-refractivity contribution in [1.29, 1.82) is 5.26 Å². The van der Waals surface area contributed by atoms with E-state index >= 15 is 0 Å². The van der Waals surface area contributed by atoms with Gasteiger partial charge in [-0.2, -0.15) is 10.4 Å². The number of nitro benzene ring substituents is 1. The largest absolute Gasteiger partial charge is 0.447 e. The van der Waals surface area contributed by atoms with Crippen LogP contribution in [0.3, 0.4) is 0 Å². The summed E-state index contributed by atoms with van der Waals surface area (Å²) in [6.45, 7) is 1.49. The molecule has 3 rings (SSSR count). The molecular formula is C20H16N4O4. The lowest BCUT2D eigenvalue weighted by Crippen LogP contribution is -2.15. The van der Waals surface area contributed by atoms with Gasteiger partial charge in [-0.15, -0.1) is 0 Å². The van der Waals surface area contributed by atoms with Crippen LogP contribution < -0.4 is 0 Å². The van der Waals surface area contributed by atoms with Gasteiger partial charge in [0.1, 0.15) is 6.07 Å². The Morgan fingerprint density at radius 1 is 1.25 bits per heavy atom. The van der Waals surface area contributed by atoms with Crippen LogP contribution in [-0.4, -0.2) is 26.8 Å². The Bertz CT molecular complexity index is 1040. The Labute approximate surface area is 160 Å². The summed E-state index contributed by atoms with van der Waals surface area (Å²) in [5.41, 5.74) is 2.51. The lowest BCUT2D eigenvalue weighted by atomic mass is 10.1. The molecule has 0 N–H and O–H groups in total. The number of nitro groups is 1. The highest BCUT2D eigenvalue weighted by Crippen LogP contribution is 2.26. The van der Waals surface area contributed by atoms with E-state index in [9.17, 15) is 14.9 Å². The lowest BCUT2D eigenvalue weighted by molar-refractivity contribution is -0.384. The zero-order valence-corrected chi connectivity index (χ0v) is 15.0. The van der Waals surface area contributed by atoms with Crippen molar-refractivity contribution < 1.29 is 14.5 Å². The van der Waals surface area contributed by atoms with Crippen LogP contribution in [0.5, 0.6) is 0 Å². The number of para-hydroxylation sites is 1. The highest BCUT2D eigenvalue weighted by molar-refractivity contribution is 5.77. The van der Waals surface area contributed by atoms with E-state index in [0.29, 0.717) is 16.8 Å². The first-order valence-corrected chi connectivity index (χ1v) is 8.46. The fraction of sp³-hybridized carbons (Fsp3) is 0.150. The van der Waals surface area contributed by atoms with Gasteiger partial charge in [0.05, 0.1) is 22.7 Å². The van der Waals surface area contributed by atoms with Gasteiger partial charge in [0, 0.05) is 29.5 Å². The average Bonchev–Trinajstić information content (AvgIpc) is 3.12. The Hall–Kier alpha value is -3.99. The van der Waals surface area contributed by atoms with Crippen LogP contribution in [0.25, 0.3) is 16.9 Å². The quantitative estimate of drug-likeness (QED) is 0.370. The number of hydrogen-bond acceptors (Lipinski definition) is 6. The van der Waals surface area contributed by atoms with Crippen molar-refractivity contribution in [3.05, 3.63) is 76.5 Å². The molecule has 28 heavy (non-hydrogen) atoms. The van der Waals surface area contributed by atoms with Gasteiger partial charge in [-0.05, 0) is 31.2 Å². The number of esters is 1. The summed E-state index contributed by atoms with van der Waals surface area (Å²) in [6.07, 6.45) is 0.787. The van der Waals surface area contributed by atoms with Gasteiger partial charge in [0.25, 0.3) is 5.69 Å². The van der Waals surface area contributed by atoms with Gasteiger partial charge in [0.15, 0.2) is 6.10 Å². The highest BCUT2D eigenvalue weighted by atomic mass is 16.6. The molecule has 8 nitrogen and oxygen atoms in total. The summed E-state index contributed by atoms with van der Waals surface area (Å²) in [5, 5.41) is 24.2. The van der Waals surface area contributed by atoms with E-state index in [1.54, 1.807) is 23.0 Å². The molecule has 2 aromatic carbocycles. The number of ether oxygens (including phenoxy) is 1. The van der Waals surface area contributed by atoms with E-state index < -0.39 is 17.0 Å². The maximum absolute atomic E-state index is 12.2. The summed E-state index contributed by atoms with van der Waals surface area (Å²) in [5.74, 6) is -0.551. The minimum atomic E-state index is -0.848. The number of aromatic nitrogens is 2. The summed E-state index contributed by atoms with van der Waals surface area (Å²) >= 11 is 0. The van der Waals surface area contributed by atoms with Crippen LogP contribution in [0.4, 0.5) is 5.69 Å². The van der Waals surface area contributed by atoms with Gasteiger partial charge >= 0.3 is 5.97 Å². The van der Waals surface area contributed by atoms with Crippen LogP contribution in [0.1, 0.15) is 12.5 Å². The molecule has 0 amide bonds. The number of carbonyl (C=O) groups is 1. The molecule has 0 unspecified atom stereocenters. The molecule has 0 radical (unpaired) electrons. The van der Waals surface area contributed by atoms with Crippen molar-refractivity contribution in [3.63, 3.8) is 0 Å². The maximum atomic E-state index is 12.2. The smallest absolute Gasteiger partial charge is 0.311 e. The van der Waals surface area contributed by atoms with Gasteiger partial charge in [0.2, 0.25) is 0 Å². The molecule has 8 heteroatoms. The third-order valence-corrected chi connectivity index (χ3v) is 3.99. The Morgan fingerprint density at radius 3 is 2.54 bits per heavy atom. The standard InChI is InChI=1S/C20H16N4O4/c1-14(12-21)28-19(25)11-16-13-23(17-5-3-2-4-6-17)22-20(16)15-7-9-18(10-8-15)24(26)27/h2-10,13-14H,11H2,1H3/t14-/m0/s1. The first kappa shape index (κ1) is 18.8. The normalized spacial score (nSPS) is 11.4. The monoisotopic (exact) mass is 376 g/mol. The van der Waals surface area contributed by atoms with Gasteiger partial charge in [-0.25, -0.2) is 4.68 Å². The molecule has 0 bridgehead atoms. The fourth-order valence-corrected chi connectivity index (χ4v) is 2.66. The molecule has 1 heterocycles. The van der Waals surface area contributed by atoms with Crippen molar-refractivity contribution >= 4 is 11.7 Å². The second-order valence-electron chi connectivity index (χ2n) is 6.03. The first-order valence-electron chi connectivity index (χ1n) is 8.46. The number of hydrogen-bond donors (Lipinski definition) is 0. The van der Waals surface area contributed by atoms with E-state index in [2.05, 4.69) is 5.10 Å². The predicted octanol–water partition coefficient (Wildman–Crippen LogP) is 3.45. The second-order valence-corrected chi connectivity index (χ2v) is 6.03. The molecule has 0 aliphatic rings.